The number of benzene rings is 2. The number of anilines is 1. The highest BCUT2D eigenvalue weighted by molar-refractivity contribution is 6.16. The lowest BCUT2D eigenvalue weighted by Gasteiger charge is -2.40. The maximum absolute atomic E-state index is 13.2. The zero-order valence-corrected chi connectivity index (χ0v) is 15.6. The van der Waals surface area contributed by atoms with Crippen LogP contribution < -0.4 is 10.2 Å². The van der Waals surface area contributed by atoms with Gasteiger partial charge in [-0.2, -0.15) is 0 Å². The molecule has 4 rings (SSSR count). The Hall–Kier alpha value is -3.19. The number of rotatable bonds is 6. The summed E-state index contributed by atoms with van der Waals surface area (Å²) >= 11 is 0. The molecule has 2 aromatic carbocycles. The van der Waals surface area contributed by atoms with Crippen molar-refractivity contribution in [2.75, 3.05) is 31.7 Å². The SMILES string of the molecule is COCCNC(=O)CCN1C(=O)c2ccccc2N2C(=O)c3ccccc3[C@@H]12. The van der Waals surface area contributed by atoms with E-state index in [1.807, 2.05) is 24.3 Å². The standard InChI is InChI=1S/C21H21N3O4/c1-28-13-11-22-18(25)10-12-23-19-14-6-2-3-7-15(14)21(27)24(19)17-9-5-4-8-16(17)20(23)26/h2-9,19H,10-13H2,1H3,(H,22,25)/t19-/m0/s1. The summed E-state index contributed by atoms with van der Waals surface area (Å²) in [5, 5.41) is 2.76. The van der Waals surface area contributed by atoms with Crippen molar-refractivity contribution in [2.45, 2.75) is 12.6 Å². The third-order valence-electron chi connectivity index (χ3n) is 5.09. The molecular formula is C21H21N3O4. The molecule has 0 aromatic heterocycles. The van der Waals surface area contributed by atoms with Gasteiger partial charge in [0, 0.05) is 37.7 Å². The first-order chi connectivity index (χ1) is 13.6. The Morgan fingerprint density at radius 3 is 2.54 bits per heavy atom. The van der Waals surface area contributed by atoms with E-state index in [1.165, 1.54) is 0 Å². The average molecular weight is 379 g/mol. The number of ether oxygens (including phenoxy) is 1. The Morgan fingerprint density at radius 2 is 1.75 bits per heavy atom. The number of carbonyl (C=O) groups is 3. The van der Waals surface area contributed by atoms with Gasteiger partial charge in [-0.25, -0.2) is 0 Å². The fourth-order valence-electron chi connectivity index (χ4n) is 3.80. The van der Waals surface area contributed by atoms with Gasteiger partial charge in [0.25, 0.3) is 11.8 Å². The van der Waals surface area contributed by atoms with E-state index in [0.29, 0.717) is 30.0 Å². The van der Waals surface area contributed by atoms with Gasteiger partial charge in [0.15, 0.2) is 0 Å². The molecule has 0 radical (unpaired) electrons. The molecule has 0 saturated heterocycles. The maximum atomic E-state index is 13.2. The highest BCUT2D eigenvalue weighted by atomic mass is 16.5. The van der Waals surface area contributed by atoms with Crippen molar-refractivity contribution in [1.82, 2.24) is 10.2 Å². The van der Waals surface area contributed by atoms with E-state index in [4.69, 9.17) is 4.74 Å². The van der Waals surface area contributed by atoms with Crippen LogP contribution in [0.5, 0.6) is 0 Å². The van der Waals surface area contributed by atoms with Gasteiger partial charge in [-0.05, 0) is 18.2 Å². The second kappa shape index (κ2) is 7.44. The summed E-state index contributed by atoms with van der Waals surface area (Å²) < 4.78 is 4.93. The van der Waals surface area contributed by atoms with Crippen molar-refractivity contribution in [3.05, 3.63) is 65.2 Å². The van der Waals surface area contributed by atoms with Crippen LogP contribution in [-0.2, 0) is 9.53 Å². The van der Waals surface area contributed by atoms with E-state index in [-0.39, 0.29) is 30.7 Å². The molecule has 3 amide bonds. The first kappa shape index (κ1) is 18.2. The third kappa shape index (κ3) is 2.93. The molecule has 2 aromatic rings. The molecular weight excluding hydrogens is 358 g/mol. The van der Waals surface area contributed by atoms with Crippen LogP contribution in [0.4, 0.5) is 5.69 Å². The molecule has 1 atom stereocenters. The number of para-hydroxylation sites is 1. The molecule has 0 fully saturated rings. The zero-order valence-electron chi connectivity index (χ0n) is 15.6. The molecule has 0 unspecified atom stereocenters. The molecule has 28 heavy (non-hydrogen) atoms. The van der Waals surface area contributed by atoms with Crippen LogP contribution in [0.15, 0.2) is 48.5 Å². The Bertz CT molecular complexity index is 943. The largest absolute Gasteiger partial charge is 0.383 e. The van der Waals surface area contributed by atoms with E-state index < -0.39 is 6.17 Å². The van der Waals surface area contributed by atoms with Crippen LogP contribution in [-0.4, -0.2) is 49.4 Å². The second-order valence-electron chi connectivity index (χ2n) is 6.74. The second-order valence-corrected chi connectivity index (χ2v) is 6.74. The minimum absolute atomic E-state index is 0.130. The van der Waals surface area contributed by atoms with Crippen LogP contribution in [0, 0.1) is 0 Å². The quantitative estimate of drug-likeness (QED) is 0.778. The number of amides is 3. The van der Waals surface area contributed by atoms with Crippen molar-refractivity contribution >= 4 is 23.4 Å². The summed E-state index contributed by atoms with van der Waals surface area (Å²) in [6.45, 7) is 1.07. The van der Waals surface area contributed by atoms with Gasteiger partial charge >= 0.3 is 0 Å². The van der Waals surface area contributed by atoms with Crippen molar-refractivity contribution in [1.29, 1.82) is 0 Å². The van der Waals surface area contributed by atoms with Gasteiger partial charge in [0.1, 0.15) is 6.17 Å². The first-order valence-electron chi connectivity index (χ1n) is 9.21. The summed E-state index contributed by atoms with van der Waals surface area (Å²) in [5.41, 5.74) is 2.46. The van der Waals surface area contributed by atoms with Crippen LogP contribution >= 0.6 is 0 Å². The zero-order chi connectivity index (χ0) is 19.7. The molecule has 2 aliphatic rings. The van der Waals surface area contributed by atoms with E-state index in [0.717, 1.165) is 5.56 Å². The highest BCUT2D eigenvalue weighted by Crippen LogP contribution is 2.44. The summed E-state index contributed by atoms with van der Waals surface area (Å²) in [6, 6.07) is 14.4. The van der Waals surface area contributed by atoms with Crippen LogP contribution in [0.2, 0.25) is 0 Å². The number of fused-ring (bicyclic) bond motifs is 5. The molecule has 144 valence electrons. The first-order valence-corrected chi connectivity index (χ1v) is 9.21. The lowest BCUT2D eigenvalue weighted by molar-refractivity contribution is -0.121. The van der Waals surface area contributed by atoms with E-state index >= 15 is 0 Å². The van der Waals surface area contributed by atoms with Gasteiger partial charge in [0.05, 0.1) is 17.9 Å². The number of nitrogens with zero attached hydrogens (tertiary/aromatic N) is 2. The Balaban J connectivity index is 1.65. The fourth-order valence-corrected chi connectivity index (χ4v) is 3.80. The molecule has 0 bridgehead atoms. The number of hydrogen-bond acceptors (Lipinski definition) is 4. The number of methoxy groups -OCH3 is 1. The summed E-state index contributed by atoms with van der Waals surface area (Å²) in [7, 11) is 1.57. The molecule has 1 N–H and O–H groups in total. The summed E-state index contributed by atoms with van der Waals surface area (Å²) in [5.74, 6) is -0.464. The monoisotopic (exact) mass is 379 g/mol. The highest BCUT2D eigenvalue weighted by Gasteiger charge is 2.47. The van der Waals surface area contributed by atoms with Crippen LogP contribution in [0.25, 0.3) is 0 Å². The molecule has 7 nitrogen and oxygen atoms in total. The number of carbonyl (C=O) groups excluding carboxylic acids is 3. The van der Waals surface area contributed by atoms with E-state index in [2.05, 4.69) is 5.32 Å². The number of hydrogen-bond donors (Lipinski definition) is 1. The van der Waals surface area contributed by atoms with Gasteiger partial charge in [0.2, 0.25) is 5.91 Å². The molecule has 0 aliphatic carbocycles. The van der Waals surface area contributed by atoms with Crippen LogP contribution in [0.1, 0.15) is 38.9 Å². The minimum atomic E-state index is -0.530. The lowest BCUT2D eigenvalue weighted by atomic mass is 10.0. The van der Waals surface area contributed by atoms with Gasteiger partial charge in [-0.1, -0.05) is 30.3 Å². The van der Waals surface area contributed by atoms with E-state index in [1.54, 1.807) is 41.2 Å². The lowest BCUT2D eigenvalue weighted by Crippen LogP contribution is -2.49. The topological polar surface area (TPSA) is 79.0 Å². The summed E-state index contributed by atoms with van der Waals surface area (Å²) in [4.78, 5) is 41.6. The smallest absolute Gasteiger partial charge is 0.260 e. The Morgan fingerprint density at radius 1 is 1.04 bits per heavy atom. The van der Waals surface area contributed by atoms with Crippen molar-refractivity contribution < 1.29 is 19.1 Å². The van der Waals surface area contributed by atoms with Crippen molar-refractivity contribution in [3.63, 3.8) is 0 Å². The predicted molar refractivity (Wildman–Crippen MR) is 103 cm³/mol. The Labute approximate surface area is 162 Å². The van der Waals surface area contributed by atoms with Gasteiger partial charge in [-0.15, -0.1) is 0 Å². The van der Waals surface area contributed by atoms with Crippen molar-refractivity contribution in [3.8, 4) is 0 Å². The predicted octanol–water partition coefficient (Wildman–Crippen LogP) is 1.95. The fraction of sp³-hybridized carbons (Fsp3) is 0.286. The maximum Gasteiger partial charge on any atom is 0.260 e. The molecule has 0 saturated carbocycles. The minimum Gasteiger partial charge on any atom is -0.383 e. The van der Waals surface area contributed by atoms with E-state index in [9.17, 15) is 14.4 Å². The molecule has 0 spiro atoms. The average Bonchev–Trinajstić information content (AvgIpc) is 3.01. The van der Waals surface area contributed by atoms with Crippen LogP contribution in [0.3, 0.4) is 0 Å². The normalized spacial score (nSPS) is 17.2. The molecule has 7 heteroatoms. The molecule has 2 heterocycles. The van der Waals surface area contributed by atoms with Gasteiger partial charge < -0.3 is 15.0 Å². The Kier molecular flexibility index (Phi) is 4.83. The number of nitrogens with one attached hydrogen (secondary N) is 1. The molecule has 2 aliphatic heterocycles. The van der Waals surface area contributed by atoms with Crippen molar-refractivity contribution in [2.24, 2.45) is 0 Å². The summed E-state index contributed by atoms with van der Waals surface area (Å²) in [6.07, 6.45) is -0.379. The third-order valence-corrected chi connectivity index (χ3v) is 5.09. The van der Waals surface area contributed by atoms with Gasteiger partial charge in [-0.3, -0.25) is 19.3 Å².